The minimum Gasteiger partial charge on any atom is -0.491 e. The molecule has 2 aromatic carbocycles. The summed E-state index contributed by atoms with van der Waals surface area (Å²) in [5.74, 6) is -2.30. The quantitative estimate of drug-likeness (QED) is 0.698. The van der Waals surface area contributed by atoms with Crippen molar-refractivity contribution in [2.45, 2.75) is 57.8 Å². The molecule has 0 spiro atoms. The molecule has 0 saturated heterocycles. The third-order valence-electron chi connectivity index (χ3n) is 5.26. The van der Waals surface area contributed by atoms with Gasteiger partial charge in [-0.25, -0.2) is 8.78 Å². The number of ether oxygens (including phenoxy) is 2. The van der Waals surface area contributed by atoms with Gasteiger partial charge < -0.3 is 14.6 Å². The van der Waals surface area contributed by atoms with E-state index in [1.165, 1.54) is 12.1 Å². The fourth-order valence-electron chi connectivity index (χ4n) is 3.69. The molecule has 0 atom stereocenters. The van der Waals surface area contributed by atoms with Crippen LogP contribution in [0.5, 0.6) is 5.75 Å². The lowest BCUT2D eigenvalue weighted by atomic mass is 9.82. The van der Waals surface area contributed by atoms with Gasteiger partial charge in [0.05, 0.1) is 25.9 Å². The topological polar surface area (TPSA) is 38.7 Å². The van der Waals surface area contributed by atoms with Crippen molar-refractivity contribution in [1.82, 2.24) is 0 Å². The van der Waals surface area contributed by atoms with Crippen LogP contribution in [0.4, 0.5) is 13.2 Å². The fourth-order valence-corrected chi connectivity index (χ4v) is 3.69. The second kappa shape index (κ2) is 9.43. The van der Waals surface area contributed by atoms with Crippen LogP contribution in [0.15, 0.2) is 30.3 Å². The Morgan fingerprint density at radius 2 is 1.75 bits per heavy atom. The van der Waals surface area contributed by atoms with Crippen molar-refractivity contribution in [2.75, 3.05) is 6.61 Å². The van der Waals surface area contributed by atoms with Gasteiger partial charge in [0.25, 0.3) is 0 Å². The van der Waals surface area contributed by atoms with E-state index in [1.807, 2.05) is 0 Å². The van der Waals surface area contributed by atoms with Crippen molar-refractivity contribution >= 4 is 0 Å². The number of halogens is 3. The van der Waals surface area contributed by atoms with Crippen molar-refractivity contribution in [2.24, 2.45) is 0 Å². The number of rotatable bonds is 7. The Morgan fingerprint density at radius 1 is 1.00 bits per heavy atom. The summed E-state index contributed by atoms with van der Waals surface area (Å²) < 4.78 is 53.2. The van der Waals surface area contributed by atoms with E-state index in [0.717, 1.165) is 12.8 Å². The molecular weight excluding hydrogens is 369 g/mol. The Bertz CT molecular complexity index is 802. The maximum absolute atomic E-state index is 14.4. The molecule has 3 nitrogen and oxygen atoms in total. The molecular formula is C22H25F3O3. The summed E-state index contributed by atoms with van der Waals surface area (Å²) in [6, 6.07) is 7.76. The molecule has 3 rings (SSSR count). The molecule has 0 unspecified atom stereocenters. The first-order valence-electron chi connectivity index (χ1n) is 9.63. The van der Waals surface area contributed by atoms with Crippen molar-refractivity contribution in [3.8, 4) is 5.75 Å². The molecule has 0 amide bonds. The summed E-state index contributed by atoms with van der Waals surface area (Å²) in [4.78, 5) is 0. The Labute approximate surface area is 163 Å². The summed E-state index contributed by atoms with van der Waals surface area (Å²) in [5.41, 5.74) is 1.35. The Balaban J connectivity index is 1.55. The van der Waals surface area contributed by atoms with E-state index >= 15 is 0 Å². The van der Waals surface area contributed by atoms with Crippen LogP contribution in [0, 0.1) is 17.5 Å². The van der Waals surface area contributed by atoms with E-state index < -0.39 is 17.5 Å². The highest BCUT2D eigenvalue weighted by Gasteiger charge is 2.27. The summed E-state index contributed by atoms with van der Waals surface area (Å²) in [7, 11) is 0. The maximum atomic E-state index is 14.4. The van der Waals surface area contributed by atoms with Gasteiger partial charge in [-0.1, -0.05) is 18.2 Å². The predicted molar refractivity (Wildman–Crippen MR) is 99.6 cm³/mol. The fraction of sp³-hybridized carbons (Fsp3) is 0.455. The summed E-state index contributed by atoms with van der Waals surface area (Å²) in [6.45, 7) is 1.95. The third-order valence-corrected chi connectivity index (χ3v) is 5.26. The zero-order valence-electron chi connectivity index (χ0n) is 15.9. The first-order chi connectivity index (χ1) is 13.5. The number of hydrogen-bond acceptors (Lipinski definition) is 3. The predicted octanol–water partition coefficient (Wildman–Crippen LogP) is 5.24. The van der Waals surface area contributed by atoms with Gasteiger partial charge in [-0.05, 0) is 61.8 Å². The molecule has 0 heterocycles. The van der Waals surface area contributed by atoms with Gasteiger partial charge in [-0.2, -0.15) is 4.39 Å². The Morgan fingerprint density at radius 3 is 2.39 bits per heavy atom. The molecule has 1 saturated carbocycles. The molecule has 0 radical (unpaired) electrons. The zero-order valence-corrected chi connectivity index (χ0v) is 15.9. The van der Waals surface area contributed by atoms with E-state index in [-0.39, 0.29) is 43.2 Å². The molecule has 0 aromatic heterocycles. The van der Waals surface area contributed by atoms with Crippen LogP contribution in [0.1, 0.15) is 55.2 Å². The normalized spacial score (nSPS) is 19.6. The van der Waals surface area contributed by atoms with Gasteiger partial charge in [0, 0.05) is 5.56 Å². The largest absolute Gasteiger partial charge is 0.491 e. The highest BCUT2D eigenvalue weighted by molar-refractivity contribution is 5.33. The Hall–Kier alpha value is -2.05. The molecule has 6 heteroatoms. The van der Waals surface area contributed by atoms with Crippen molar-refractivity contribution in [3.63, 3.8) is 0 Å². The second-order valence-corrected chi connectivity index (χ2v) is 7.08. The van der Waals surface area contributed by atoms with E-state index in [4.69, 9.17) is 14.6 Å². The van der Waals surface area contributed by atoms with Crippen LogP contribution >= 0.6 is 0 Å². The first kappa shape index (κ1) is 20.7. The third kappa shape index (κ3) is 4.67. The number of hydrogen-bond donors (Lipinski definition) is 1. The molecule has 152 valence electrons. The molecule has 0 bridgehead atoms. The molecule has 28 heavy (non-hydrogen) atoms. The van der Waals surface area contributed by atoms with Gasteiger partial charge in [0.1, 0.15) is 5.82 Å². The van der Waals surface area contributed by atoms with Gasteiger partial charge in [0.15, 0.2) is 11.6 Å². The first-order valence-corrected chi connectivity index (χ1v) is 9.63. The standard InChI is InChI=1S/C22H25F3O3/c1-2-27-20-10-9-18(21(24)22(20)25)15-5-7-17(8-6-15)28-13-14-3-4-16(12-26)19(23)11-14/h3-4,9-11,15,17,26H,2,5-8,12-13H2,1H3. The van der Waals surface area contributed by atoms with Crippen molar-refractivity contribution in [3.05, 3.63) is 64.5 Å². The summed E-state index contributed by atoms with van der Waals surface area (Å²) >= 11 is 0. The van der Waals surface area contributed by atoms with E-state index in [0.29, 0.717) is 24.0 Å². The van der Waals surface area contributed by atoms with Gasteiger partial charge in [-0.3, -0.25) is 0 Å². The Kier molecular flexibility index (Phi) is 6.97. The highest BCUT2D eigenvalue weighted by atomic mass is 19.2. The average molecular weight is 394 g/mol. The minimum atomic E-state index is -0.925. The lowest BCUT2D eigenvalue weighted by molar-refractivity contribution is 0.0130. The monoisotopic (exact) mass is 394 g/mol. The molecule has 1 aliphatic carbocycles. The summed E-state index contributed by atoms with van der Waals surface area (Å²) in [6.07, 6.45) is 2.87. The van der Waals surface area contributed by atoms with Gasteiger partial charge in [-0.15, -0.1) is 0 Å². The molecule has 0 aliphatic heterocycles. The molecule has 2 aromatic rings. The maximum Gasteiger partial charge on any atom is 0.200 e. The molecule has 1 aliphatic rings. The van der Waals surface area contributed by atoms with E-state index in [1.54, 1.807) is 25.1 Å². The van der Waals surface area contributed by atoms with Gasteiger partial charge >= 0.3 is 0 Å². The van der Waals surface area contributed by atoms with Gasteiger partial charge in [0.2, 0.25) is 5.82 Å². The zero-order chi connectivity index (χ0) is 20.1. The van der Waals surface area contributed by atoms with E-state index in [9.17, 15) is 13.2 Å². The second-order valence-electron chi connectivity index (χ2n) is 7.08. The van der Waals surface area contributed by atoms with Crippen molar-refractivity contribution < 1.29 is 27.8 Å². The lowest BCUT2D eigenvalue weighted by Crippen LogP contribution is -2.21. The van der Waals surface area contributed by atoms with Crippen LogP contribution in [0.2, 0.25) is 0 Å². The SMILES string of the molecule is CCOc1ccc(C2CCC(OCc3ccc(CO)c(F)c3)CC2)c(F)c1F. The van der Waals surface area contributed by atoms with E-state index in [2.05, 4.69) is 0 Å². The van der Waals surface area contributed by atoms with Crippen LogP contribution in [0.25, 0.3) is 0 Å². The lowest BCUT2D eigenvalue weighted by Gasteiger charge is -2.29. The smallest absolute Gasteiger partial charge is 0.200 e. The highest BCUT2D eigenvalue weighted by Crippen LogP contribution is 2.37. The minimum absolute atomic E-state index is 0.00688. The van der Waals surface area contributed by atoms with Crippen LogP contribution < -0.4 is 4.74 Å². The molecule has 1 fully saturated rings. The number of aliphatic hydroxyl groups is 1. The van der Waals surface area contributed by atoms with Crippen molar-refractivity contribution in [1.29, 1.82) is 0 Å². The van der Waals surface area contributed by atoms with Crippen LogP contribution in [0.3, 0.4) is 0 Å². The van der Waals surface area contributed by atoms with Crippen LogP contribution in [-0.4, -0.2) is 17.8 Å². The average Bonchev–Trinajstić information content (AvgIpc) is 2.71. The number of aliphatic hydroxyl groups excluding tert-OH is 1. The molecule has 1 N–H and O–H groups in total. The van der Waals surface area contributed by atoms with Crippen LogP contribution in [-0.2, 0) is 18.0 Å². The summed E-state index contributed by atoms with van der Waals surface area (Å²) in [5, 5.41) is 9.01. The number of benzene rings is 2.